The number of ether oxygens (including phenoxy) is 1. The maximum absolute atomic E-state index is 9.69. The van der Waals surface area contributed by atoms with Crippen LogP contribution in [0, 0.1) is 0 Å². The molecule has 1 unspecified atom stereocenters. The lowest BCUT2D eigenvalue weighted by atomic mass is 10.2. The van der Waals surface area contributed by atoms with Gasteiger partial charge in [0.25, 0.3) is 0 Å². The molecule has 0 aromatic carbocycles. The van der Waals surface area contributed by atoms with E-state index in [0.717, 1.165) is 51.3 Å². The molecule has 2 N–H and O–H groups in total. The highest BCUT2D eigenvalue weighted by atomic mass is 32.2. The minimum absolute atomic E-state index is 0.204. The highest BCUT2D eigenvalue weighted by Gasteiger charge is 2.15. The molecule has 0 aromatic rings. The summed E-state index contributed by atoms with van der Waals surface area (Å²) in [4.78, 5) is 0. The Labute approximate surface area is 97.0 Å². The topological polar surface area (TPSA) is 41.5 Å². The highest BCUT2D eigenvalue weighted by Crippen LogP contribution is 2.22. The molecule has 1 saturated heterocycles. The Kier molecular flexibility index (Phi) is 7.44. The predicted molar refractivity (Wildman–Crippen MR) is 65.5 cm³/mol. The van der Waals surface area contributed by atoms with Crippen LogP contribution in [0.2, 0.25) is 0 Å². The Bertz CT molecular complexity index is 152. The summed E-state index contributed by atoms with van der Waals surface area (Å²) < 4.78 is 5.30. The fourth-order valence-corrected chi connectivity index (χ4v) is 2.73. The molecular weight excluding hydrogens is 210 g/mol. The monoisotopic (exact) mass is 233 g/mol. The predicted octanol–water partition coefficient (Wildman–Crippen LogP) is 1.26. The molecule has 0 radical (unpaired) electrons. The van der Waals surface area contributed by atoms with Crippen LogP contribution >= 0.6 is 11.8 Å². The molecule has 0 bridgehead atoms. The highest BCUT2D eigenvalue weighted by molar-refractivity contribution is 7.99. The first-order valence-corrected chi connectivity index (χ1v) is 6.96. The van der Waals surface area contributed by atoms with Crippen molar-refractivity contribution in [1.82, 2.24) is 5.32 Å². The first-order chi connectivity index (χ1) is 7.33. The quantitative estimate of drug-likeness (QED) is 0.650. The summed E-state index contributed by atoms with van der Waals surface area (Å²) in [5, 5.41) is 13.6. The molecule has 1 fully saturated rings. The van der Waals surface area contributed by atoms with Gasteiger partial charge in [0.05, 0.1) is 6.10 Å². The van der Waals surface area contributed by atoms with E-state index in [4.69, 9.17) is 4.74 Å². The normalized spacial score (nSPS) is 20.4. The van der Waals surface area contributed by atoms with E-state index < -0.39 is 0 Å². The second-order valence-corrected chi connectivity index (χ2v) is 5.34. The largest absolute Gasteiger partial charge is 0.391 e. The molecular formula is C11H23NO2S. The van der Waals surface area contributed by atoms with Crippen LogP contribution in [-0.4, -0.2) is 48.5 Å². The molecule has 1 aliphatic rings. The third-order valence-corrected chi connectivity index (χ3v) is 4.02. The van der Waals surface area contributed by atoms with E-state index in [1.807, 2.05) is 11.8 Å². The molecule has 1 rings (SSSR count). The number of nitrogens with one attached hydrogen (secondary N) is 1. The van der Waals surface area contributed by atoms with Gasteiger partial charge in [0.15, 0.2) is 0 Å². The SMILES string of the molecule is CCCNCC(O)CSC1CCOCC1. The minimum atomic E-state index is -0.204. The van der Waals surface area contributed by atoms with Gasteiger partial charge in [-0.1, -0.05) is 6.92 Å². The van der Waals surface area contributed by atoms with E-state index >= 15 is 0 Å². The van der Waals surface area contributed by atoms with Gasteiger partial charge in [0.2, 0.25) is 0 Å². The van der Waals surface area contributed by atoms with Gasteiger partial charge in [-0.25, -0.2) is 0 Å². The van der Waals surface area contributed by atoms with Crippen molar-refractivity contribution >= 4 is 11.8 Å². The van der Waals surface area contributed by atoms with Gasteiger partial charge in [0, 0.05) is 30.8 Å². The summed E-state index contributed by atoms with van der Waals surface area (Å²) in [6.45, 7) is 5.64. The lowest BCUT2D eigenvalue weighted by Crippen LogP contribution is -2.30. The van der Waals surface area contributed by atoms with Crippen molar-refractivity contribution in [3.8, 4) is 0 Å². The molecule has 0 spiro atoms. The average molecular weight is 233 g/mol. The van der Waals surface area contributed by atoms with E-state index in [1.165, 1.54) is 0 Å². The Morgan fingerprint density at radius 3 is 2.87 bits per heavy atom. The minimum Gasteiger partial charge on any atom is -0.391 e. The van der Waals surface area contributed by atoms with Crippen LogP contribution in [0.5, 0.6) is 0 Å². The van der Waals surface area contributed by atoms with E-state index in [-0.39, 0.29) is 6.10 Å². The number of hydrogen-bond donors (Lipinski definition) is 2. The van der Waals surface area contributed by atoms with E-state index in [0.29, 0.717) is 5.25 Å². The average Bonchev–Trinajstić information content (AvgIpc) is 2.28. The summed E-state index contributed by atoms with van der Waals surface area (Å²) in [7, 11) is 0. The first kappa shape index (κ1) is 13.3. The lowest BCUT2D eigenvalue weighted by Gasteiger charge is -2.22. The van der Waals surface area contributed by atoms with Crippen molar-refractivity contribution in [3.63, 3.8) is 0 Å². The van der Waals surface area contributed by atoms with Gasteiger partial charge in [-0.3, -0.25) is 0 Å². The Morgan fingerprint density at radius 1 is 1.47 bits per heavy atom. The van der Waals surface area contributed by atoms with Gasteiger partial charge < -0.3 is 15.2 Å². The van der Waals surface area contributed by atoms with Crippen molar-refractivity contribution < 1.29 is 9.84 Å². The molecule has 0 saturated carbocycles. The number of aliphatic hydroxyl groups excluding tert-OH is 1. The summed E-state index contributed by atoms with van der Waals surface area (Å²) in [6.07, 6.45) is 3.20. The smallest absolute Gasteiger partial charge is 0.0754 e. The van der Waals surface area contributed by atoms with Crippen LogP contribution in [0.3, 0.4) is 0 Å². The van der Waals surface area contributed by atoms with Gasteiger partial charge in [0.1, 0.15) is 0 Å². The number of hydrogen-bond acceptors (Lipinski definition) is 4. The van der Waals surface area contributed by atoms with Crippen LogP contribution < -0.4 is 5.32 Å². The van der Waals surface area contributed by atoms with Crippen molar-refractivity contribution in [1.29, 1.82) is 0 Å². The van der Waals surface area contributed by atoms with Gasteiger partial charge in [-0.2, -0.15) is 11.8 Å². The Hall–Kier alpha value is 0.230. The zero-order chi connectivity index (χ0) is 10.9. The van der Waals surface area contributed by atoms with Crippen LogP contribution in [0.15, 0.2) is 0 Å². The van der Waals surface area contributed by atoms with Crippen molar-refractivity contribution in [3.05, 3.63) is 0 Å². The molecule has 1 aliphatic heterocycles. The maximum Gasteiger partial charge on any atom is 0.0754 e. The van der Waals surface area contributed by atoms with Gasteiger partial charge in [-0.05, 0) is 25.8 Å². The fraction of sp³-hybridized carbons (Fsp3) is 1.00. The first-order valence-electron chi connectivity index (χ1n) is 5.91. The fourth-order valence-electron chi connectivity index (χ4n) is 1.59. The third-order valence-electron chi connectivity index (χ3n) is 2.50. The zero-order valence-corrected chi connectivity index (χ0v) is 10.4. The van der Waals surface area contributed by atoms with Crippen LogP contribution in [0.1, 0.15) is 26.2 Å². The van der Waals surface area contributed by atoms with E-state index in [1.54, 1.807) is 0 Å². The van der Waals surface area contributed by atoms with Crippen molar-refractivity contribution in [2.75, 3.05) is 32.1 Å². The van der Waals surface area contributed by atoms with Gasteiger partial charge in [-0.15, -0.1) is 0 Å². The summed E-state index contributed by atoms with van der Waals surface area (Å²) in [5.41, 5.74) is 0. The maximum atomic E-state index is 9.69. The summed E-state index contributed by atoms with van der Waals surface area (Å²) in [5.74, 6) is 0.849. The molecule has 1 heterocycles. The summed E-state index contributed by atoms with van der Waals surface area (Å²) in [6, 6.07) is 0. The van der Waals surface area contributed by atoms with Crippen molar-refractivity contribution in [2.45, 2.75) is 37.5 Å². The molecule has 3 nitrogen and oxygen atoms in total. The molecule has 4 heteroatoms. The van der Waals surface area contributed by atoms with Crippen LogP contribution in [-0.2, 0) is 4.74 Å². The van der Waals surface area contributed by atoms with E-state index in [2.05, 4.69) is 12.2 Å². The van der Waals surface area contributed by atoms with Crippen LogP contribution in [0.4, 0.5) is 0 Å². The molecule has 1 atom stereocenters. The third kappa shape index (κ3) is 6.40. The molecule has 0 aromatic heterocycles. The second kappa shape index (κ2) is 8.39. The number of rotatable bonds is 7. The number of aliphatic hydroxyl groups is 1. The molecule has 15 heavy (non-hydrogen) atoms. The van der Waals surface area contributed by atoms with Crippen LogP contribution in [0.25, 0.3) is 0 Å². The molecule has 0 aliphatic carbocycles. The van der Waals surface area contributed by atoms with Gasteiger partial charge >= 0.3 is 0 Å². The van der Waals surface area contributed by atoms with Crippen molar-refractivity contribution in [2.24, 2.45) is 0 Å². The number of thioether (sulfide) groups is 1. The standard InChI is InChI=1S/C11H23NO2S/c1-2-5-12-8-10(13)9-15-11-3-6-14-7-4-11/h10-13H,2-9H2,1H3. The van der Waals surface area contributed by atoms with E-state index in [9.17, 15) is 5.11 Å². The molecule has 0 amide bonds. The zero-order valence-electron chi connectivity index (χ0n) is 9.58. The lowest BCUT2D eigenvalue weighted by molar-refractivity contribution is 0.0998. The molecule has 90 valence electrons. The summed E-state index contributed by atoms with van der Waals surface area (Å²) >= 11 is 1.89. The Morgan fingerprint density at radius 2 is 2.20 bits per heavy atom. The Balaban J connectivity index is 1.97. The second-order valence-electron chi connectivity index (χ2n) is 4.00.